The summed E-state index contributed by atoms with van der Waals surface area (Å²) in [6, 6.07) is 16.6. The van der Waals surface area contributed by atoms with E-state index in [9.17, 15) is 0 Å². The van der Waals surface area contributed by atoms with Crippen LogP contribution in [0, 0.1) is 0 Å². The maximum Gasteiger partial charge on any atom is 0.112 e. The summed E-state index contributed by atoms with van der Waals surface area (Å²) in [7, 11) is 0. The lowest BCUT2D eigenvalue weighted by molar-refractivity contribution is 0.659. The second-order valence-electron chi connectivity index (χ2n) is 5.38. The quantitative estimate of drug-likeness (QED) is 0.722. The van der Waals surface area contributed by atoms with Crippen molar-refractivity contribution < 1.29 is 0 Å². The van der Waals surface area contributed by atoms with Gasteiger partial charge in [0.25, 0.3) is 0 Å². The summed E-state index contributed by atoms with van der Waals surface area (Å²) >= 11 is 0. The summed E-state index contributed by atoms with van der Waals surface area (Å²) in [5.74, 6) is 1.14. The number of nitrogen functional groups attached to an aromatic ring is 1. The van der Waals surface area contributed by atoms with Crippen LogP contribution in [-0.2, 0) is 19.4 Å². The van der Waals surface area contributed by atoms with E-state index in [4.69, 9.17) is 10.7 Å². The highest BCUT2D eigenvalue weighted by atomic mass is 15.1. The molecule has 3 nitrogen and oxygen atoms in total. The zero-order valence-electron chi connectivity index (χ0n) is 12.4. The van der Waals surface area contributed by atoms with E-state index in [1.165, 1.54) is 5.56 Å². The Balaban J connectivity index is 1.95. The predicted molar refractivity (Wildman–Crippen MR) is 88.3 cm³/mol. The number of benzene rings is 2. The summed E-state index contributed by atoms with van der Waals surface area (Å²) in [4.78, 5) is 4.75. The van der Waals surface area contributed by atoms with Crippen LogP contribution >= 0.6 is 0 Å². The number of rotatable bonds is 5. The fourth-order valence-corrected chi connectivity index (χ4v) is 2.77. The number of hydrogen-bond donors (Lipinski definition) is 1. The van der Waals surface area contributed by atoms with Crippen LogP contribution in [0.3, 0.4) is 0 Å². The third-order valence-corrected chi connectivity index (χ3v) is 3.83. The van der Waals surface area contributed by atoms with Crippen molar-refractivity contribution >= 4 is 16.7 Å². The minimum Gasteiger partial charge on any atom is -0.397 e. The molecular formula is C18H21N3. The van der Waals surface area contributed by atoms with Gasteiger partial charge in [-0.1, -0.05) is 43.3 Å². The lowest BCUT2D eigenvalue weighted by Crippen LogP contribution is -2.06. The van der Waals surface area contributed by atoms with Crippen LogP contribution in [0.1, 0.15) is 24.7 Å². The first-order valence-electron chi connectivity index (χ1n) is 7.57. The lowest BCUT2D eigenvalue weighted by atomic mass is 10.1. The number of anilines is 1. The van der Waals surface area contributed by atoms with Crippen LogP contribution in [0.15, 0.2) is 48.5 Å². The molecule has 1 aromatic heterocycles. The number of imidazole rings is 1. The van der Waals surface area contributed by atoms with Gasteiger partial charge in [0, 0.05) is 13.0 Å². The summed E-state index contributed by atoms with van der Waals surface area (Å²) < 4.78 is 2.32. The highest BCUT2D eigenvalue weighted by Crippen LogP contribution is 2.23. The van der Waals surface area contributed by atoms with Gasteiger partial charge in [0.1, 0.15) is 11.3 Å². The van der Waals surface area contributed by atoms with Gasteiger partial charge in [-0.15, -0.1) is 0 Å². The number of para-hydroxylation sites is 1. The third kappa shape index (κ3) is 2.77. The van der Waals surface area contributed by atoms with Crippen molar-refractivity contribution in [3.05, 3.63) is 59.9 Å². The number of aromatic nitrogens is 2. The minimum atomic E-state index is 0.767. The molecule has 0 saturated carbocycles. The van der Waals surface area contributed by atoms with Crippen LogP contribution in [0.5, 0.6) is 0 Å². The Hall–Kier alpha value is -2.29. The highest BCUT2D eigenvalue weighted by Gasteiger charge is 2.11. The Morgan fingerprint density at radius 1 is 1.00 bits per heavy atom. The maximum absolute atomic E-state index is 6.07. The molecule has 3 heteroatoms. The van der Waals surface area contributed by atoms with Gasteiger partial charge >= 0.3 is 0 Å². The van der Waals surface area contributed by atoms with Crippen LogP contribution in [0.4, 0.5) is 5.69 Å². The molecule has 0 amide bonds. The van der Waals surface area contributed by atoms with E-state index in [2.05, 4.69) is 47.9 Å². The molecule has 3 rings (SSSR count). The van der Waals surface area contributed by atoms with E-state index in [0.717, 1.165) is 48.4 Å². The third-order valence-electron chi connectivity index (χ3n) is 3.83. The maximum atomic E-state index is 6.07. The van der Waals surface area contributed by atoms with Crippen LogP contribution in [0.2, 0.25) is 0 Å². The minimum absolute atomic E-state index is 0.767. The number of hydrogen-bond acceptors (Lipinski definition) is 2. The predicted octanol–water partition coefficient (Wildman–Crippen LogP) is 3.81. The summed E-state index contributed by atoms with van der Waals surface area (Å²) in [5.41, 5.74) is 10.3. The molecule has 3 aromatic rings. The molecule has 0 spiro atoms. The van der Waals surface area contributed by atoms with Gasteiger partial charge in [-0.2, -0.15) is 0 Å². The van der Waals surface area contributed by atoms with Gasteiger partial charge in [0.15, 0.2) is 0 Å². The normalized spacial score (nSPS) is 11.1. The molecule has 21 heavy (non-hydrogen) atoms. The SMILES string of the molecule is CCCc1nc2c(N)cccc2n1CCc1ccccc1. The molecule has 0 aliphatic rings. The molecule has 1 heterocycles. The first kappa shape index (κ1) is 13.7. The van der Waals surface area contributed by atoms with Gasteiger partial charge < -0.3 is 10.3 Å². The Morgan fingerprint density at radius 2 is 1.81 bits per heavy atom. The average molecular weight is 279 g/mol. The van der Waals surface area contributed by atoms with Crippen molar-refractivity contribution in [2.75, 3.05) is 5.73 Å². The van der Waals surface area contributed by atoms with Gasteiger partial charge in [-0.3, -0.25) is 0 Å². The van der Waals surface area contributed by atoms with Crippen LogP contribution in [-0.4, -0.2) is 9.55 Å². The Bertz CT molecular complexity index is 729. The summed E-state index contributed by atoms with van der Waals surface area (Å²) in [5, 5.41) is 0. The molecule has 0 radical (unpaired) electrons. The molecule has 0 fully saturated rings. The van der Waals surface area contributed by atoms with Gasteiger partial charge in [-0.25, -0.2) is 4.98 Å². The Morgan fingerprint density at radius 3 is 2.57 bits per heavy atom. The van der Waals surface area contributed by atoms with Crippen molar-refractivity contribution in [1.82, 2.24) is 9.55 Å². The van der Waals surface area contributed by atoms with E-state index in [1.54, 1.807) is 0 Å². The van der Waals surface area contributed by atoms with Crippen molar-refractivity contribution in [1.29, 1.82) is 0 Å². The monoisotopic (exact) mass is 279 g/mol. The smallest absolute Gasteiger partial charge is 0.112 e. The van der Waals surface area contributed by atoms with E-state index >= 15 is 0 Å². The van der Waals surface area contributed by atoms with Crippen LogP contribution in [0.25, 0.3) is 11.0 Å². The number of fused-ring (bicyclic) bond motifs is 1. The number of nitrogens with zero attached hydrogens (tertiary/aromatic N) is 2. The van der Waals surface area contributed by atoms with E-state index < -0.39 is 0 Å². The second kappa shape index (κ2) is 6.00. The molecule has 0 unspecified atom stereocenters. The Kier molecular flexibility index (Phi) is 3.91. The molecule has 0 aliphatic heterocycles. The molecule has 0 aliphatic carbocycles. The lowest BCUT2D eigenvalue weighted by Gasteiger charge is -2.09. The van der Waals surface area contributed by atoms with E-state index in [-0.39, 0.29) is 0 Å². The highest BCUT2D eigenvalue weighted by molar-refractivity contribution is 5.87. The van der Waals surface area contributed by atoms with E-state index in [1.807, 2.05) is 12.1 Å². The van der Waals surface area contributed by atoms with Gasteiger partial charge in [0.2, 0.25) is 0 Å². The van der Waals surface area contributed by atoms with Crippen molar-refractivity contribution in [3.8, 4) is 0 Å². The fraction of sp³-hybridized carbons (Fsp3) is 0.278. The zero-order valence-corrected chi connectivity index (χ0v) is 12.4. The molecule has 0 atom stereocenters. The second-order valence-corrected chi connectivity index (χ2v) is 5.38. The van der Waals surface area contributed by atoms with Crippen molar-refractivity contribution in [2.24, 2.45) is 0 Å². The molecule has 0 saturated heterocycles. The first-order valence-corrected chi connectivity index (χ1v) is 7.57. The van der Waals surface area contributed by atoms with Crippen molar-refractivity contribution in [2.45, 2.75) is 32.7 Å². The van der Waals surface area contributed by atoms with Crippen molar-refractivity contribution in [3.63, 3.8) is 0 Å². The zero-order chi connectivity index (χ0) is 14.7. The molecular weight excluding hydrogens is 258 g/mol. The molecule has 2 N–H and O–H groups in total. The van der Waals surface area contributed by atoms with Gasteiger partial charge in [0.05, 0.1) is 11.2 Å². The topological polar surface area (TPSA) is 43.8 Å². The number of nitrogens with two attached hydrogens (primary N) is 1. The number of aryl methyl sites for hydroxylation is 3. The summed E-state index contributed by atoms with van der Waals surface area (Å²) in [6.07, 6.45) is 3.09. The molecule has 2 aromatic carbocycles. The summed E-state index contributed by atoms with van der Waals surface area (Å²) in [6.45, 7) is 3.13. The largest absolute Gasteiger partial charge is 0.397 e. The van der Waals surface area contributed by atoms with Gasteiger partial charge in [-0.05, 0) is 30.5 Å². The fourth-order valence-electron chi connectivity index (χ4n) is 2.77. The molecule has 108 valence electrons. The average Bonchev–Trinajstić information content (AvgIpc) is 2.86. The molecule has 0 bridgehead atoms. The Labute approximate surface area is 125 Å². The van der Waals surface area contributed by atoms with E-state index in [0.29, 0.717) is 0 Å². The first-order chi connectivity index (χ1) is 10.3. The standard InChI is InChI=1S/C18H21N3/c1-2-7-17-20-18-15(19)10-6-11-16(18)21(17)13-12-14-8-4-3-5-9-14/h3-6,8-11H,2,7,12-13,19H2,1H3. The van der Waals surface area contributed by atoms with Crippen LogP contribution < -0.4 is 5.73 Å².